The Bertz CT molecular complexity index is 458. The largest absolute Gasteiger partial charge is 0.481 e. The van der Waals surface area contributed by atoms with Gasteiger partial charge in [-0.05, 0) is 6.42 Å². The van der Waals surface area contributed by atoms with Crippen LogP contribution in [0.1, 0.15) is 25.3 Å². The molecule has 2 N–H and O–H groups in total. The Morgan fingerprint density at radius 3 is 2.75 bits per heavy atom. The Labute approximate surface area is 118 Å². The lowest BCUT2D eigenvalue weighted by Crippen LogP contribution is -2.40. The van der Waals surface area contributed by atoms with Gasteiger partial charge in [0.2, 0.25) is 0 Å². The Kier molecular flexibility index (Phi) is 6.02. The molecule has 0 saturated carbocycles. The summed E-state index contributed by atoms with van der Waals surface area (Å²) in [5.41, 5.74) is 0.925. The van der Waals surface area contributed by atoms with Crippen molar-refractivity contribution in [1.82, 2.24) is 20.0 Å². The standard InChI is InChI=1S/C13H22N4O3/c1-4-5-11(12(18)19)7-14-13(20)16(2)8-10-6-15-17(3)9-10/h6,9,11H,4-5,7-8H2,1-3H3,(H,14,20)(H,18,19). The first-order valence-corrected chi connectivity index (χ1v) is 6.63. The van der Waals surface area contributed by atoms with Crippen LogP contribution in [0.4, 0.5) is 4.79 Å². The molecule has 1 rings (SSSR count). The lowest BCUT2D eigenvalue weighted by Gasteiger charge is -2.19. The van der Waals surface area contributed by atoms with Gasteiger partial charge in [0.05, 0.1) is 18.7 Å². The second-order valence-corrected chi connectivity index (χ2v) is 4.89. The summed E-state index contributed by atoms with van der Waals surface area (Å²) < 4.78 is 1.67. The molecule has 1 aromatic rings. The number of nitrogens with zero attached hydrogens (tertiary/aromatic N) is 3. The zero-order valence-corrected chi connectivity index (χ0v) is 12.2. The minimum absolute atomic E-state index is 0.152. The van der Waals surface area contributed by atoms with E-state index >= 15 is 0 Å². The van der Waals surface area contributed by atoms with Gasteiger partial charge >= 0.3 is 12.0 Å². The van der Waals surface area contributed by atoms with Gasteiger partial charge in [-0.15, -0.1) is 0 Å². The van der Waals surface area contributed by atoms with Gasteiger partial charge in [-0.1, -0.05) is 13.3 Å². The maximum Gasteiger partial charge on any atom is 0.317 e. The second-order valence-electron chi connectivity index (χ2n) is 4.89. The molecule has 0 aromatic carbocycles. The van der Waals surface area contributed by atoms with Crippen molar-refractivity contribution in [1.29, 1.82) is 0 Å². The first-order valence-electron chi connectivity index (χ1n) is 6.63. The van der Waals surface area contributed by atoms with E-state index in [2.05, 4.69) is 10.4 Å². The van der Waals surface area contributed by atoms with E-state index in [4.69, 9.17) is 5.11 Å². The highest BCUT2D eigenvalue weighted by atomic mass is 16.4. The van der Waals surface area contributed by atoms with Gasteiger partial charge in [0.25, 0.3) is 0 Å². The minimum Gasteiger partial charge on any atom is -0.481 e. The first-order chi connectivity index (χ1) is 9.43. The number of carboxylic acid groups (broad SMARTS) is 1. The summed E-state index contributed by atoms with van der Waals surface area (Å²) in [4.78, 5) is 24.4. The number of carbonyl (C=O) groups is 2. The second kappa shape index (κ2) is 7.52. The van der Waals surface area contributed by atoms with Crippen molar-refractivity contribution in [2.45, 2.75) is 26.3 Å². The van der Waals surface area contributed by atoms with E-state index in [1.807, 2.05) is 20.2 Å². The van der Waals surface area contributed by atoms with Gasteiger partial charge in [0.15, 0.2) is 0 Å². The van der Waals surface area contributed by atoms with Gasteiger partial charge in [-0.3, -0.25) is 9.48 Å². The van der Waals surface area contributed by atoms with Crippen molar-refractivity contribution < 1.29 is 14.7 Å². The molecule has 7 nitrogen and oxygen atoms in total. The molecule has 2 amide bonds. The molecule has 0 spiro atoms. The number of carboxylic acids is 1. The Morgan fingerprint density at radius 2 is 2.25 bits per heavy atom. The summed E-state index contributed by atoms with van der Waals surface area (Å²) in [6, 6.07) is -0.281. The molecular weight excluding hydrogens is 260 g/mol. The van der Waals surface area contributed by atoms with Crippen molar-refractivity contribution in [3.8, 4) is 0 Å². The van der Waals surface area contributed by atoms with Gasteiger partial charge in [-0.2, -0.15) is 5.10 Å². The molecule has 0 aliphatic carbocycles. The first kappa shape index (κ1) is 16.0. The molecule has 1 aromatic heterocycles. The highest BCUT2D eigenvalue weighted by Gasteiger charge is 2.18. The Morgan fingerprint density at radius 1 is 1.55 bits per heavy atom. The smallest absolute Gasteiger partial charge is 0.317 e. The quantitative estimate of drug-likeness (QED) is 0.783. The summed E-state index contributed by atoms with van der Waals surface area (Å²) in [7, 11) is 3.48. The summed E-state index contributed by atoms with van der Waals surface area (Å²) in [5.74, 6) is -1.40. The number of aryl methyl sites for hydroxylation is 1. The van der Waals surface area contributed by atoms with Crippen LogP contribution >= 0.6 is 0 Å². The molecule has 1 heterocycles. The zero-order chi connectivity index (χ0) is 15.1. The summed E-state index contributed by atoms with van der Waals surface area (Å²) in [6.07, 6.45) is 4.86. The van der Waals surface area contributed by atoms with E-state index in [0.717, 1.165) is 12.0 Å². The average molecular weight is 282 g/mol. The molecule has 0 aliphatic heterocycles. The van der Waals surface area contributed by atoms with E-state index in [0.29, 0.717) is 13.0 Å². The molecule has 0 fully saturated rings. The van der Waals surface area contributed by atoms with Crippen LogP contribution in [0.25, 0.3) is 0 Å². The van der Waals surface area contributed by atoms with Crippen LogP contribution in [0.5, 0.6) is 0 Å². The number of hydrogen-bond donors (Lipinski definition) is 2. The molecule has 0 bridgehead atoms. The fourth-order valence-electron chi connectivity index (χ4n) is 1.91. The Balaban J connectivity index is 2.43. The van der Waals surface area contributed by atoms with E-state index in [1.54, 1.807) is 17.9 Å². The van der Waals surface area contributed by atoms with Gasteiger partial charge in [0, 0.05) is 32.4 Å². The predicted molar refractivity (Wildman–Crippen MR) is 74.1 cm³/mol. The lowest BCUT2D eigenvalue weighted by atomic mass is 10.0. The third-order valence-corrected chi connectivity index (χ3v) is 3.01. The third-order valence-electron chi connectivity index (χ3n) is 3.01. The van der Waals surface area contributed by atoms with Crippen LogP contribution in [0.3, 0.4) is 0 Å². The highest BCUT2D eigenvalue weighted by Crippen LogP contribution is 2.06. The third kappa shape index (κ3) is 4.91. The van der Waals surface area contributed by atoms with Crippen LogP contribution in [0.15, 0.2) is 12.4 Å². The maximum absolute atomic E-state index is 11.9. The van der Waals surface area contributed by atoms with Crippen molar-refractivity contribution in [3.05, 3.63) is 18.0 Å². The normalized spacial score (nSPS) is 11.9. The fraction of sp³-hybridized carbons (Fsp3) is 0.615. The minimum atomic E-state index is -0.873. The molecule has 0 radical (unpaired) electrons. The summed E-state index contributed by atoms with van der Waals surface area (Å²) in [6.45, 7) is 2.51. The predicted octanol–water partition coefficient (Wildman–Crippen LogP) is 1.06. The number of amides is 2. The van der Waals surface area contributed by atoms with Crippen molar-refractivity contribution in [2.24, 2.45) is 13.0 Å². The van der Waals surface area contributed by atoms with Crippen LogP contribution in [0, 0.1) is 5.92 Å². The van der Waals surface area contributed by atoms with E-state index in [-0.39, 0.29) is 12.6 Å². The van der Waals surface area contributed by atoms with Crippen LogP contribution < -0.4 is 5.32 Å². The SMILES string of the molecule is CCCC(CNC(=O)N(C)Cc1cnn(C)c1)C(=O)O. The van der Waals surface area contributed by atoms with Crippen molar-refractivity contribution in [2.75, 3.05) is 13.6 Å². The molecule has 0 saturated heterocycles. The Hall–Kier alpha value is -2.05. The number of hydrogen-bond acceptors (Lipinski definition) is 3. The molecule has 1 unspecified atom stereocenters. The van der Waals surface area contributed by atoms with Gasteiger partial charge in [0.1, 0.15) is 0 Å². The van der Waals surface area contributed by atoms with Crippen molar-refractivity contribution in [3.63, 3.8) is 0 Å². The zero-order valence-electron chi connectivity index (χ0n) is 12.2. The van der Waals surface area contributed by atoms with Crippen molar-refractivity contribution >= 4 is 12.0 Å². The van der Waals surface area contributed by atoms with Crippen LogP contribution in [0.2, 0.25) is 0 Å². The van der Waals surface area contributed by atoms with E-state index in [9.17, 15) is 9.59 Å². The summed E-state index contributed by atoms with van der Waals surface area (Å²) >= 11 is 0. The monoisotopic (exact) mass is 282 g/mol. The van der Waals surface area contributed by atoms with E-state index in [1.165, 1.54) is 4.90 Å². The topological polar surface area (TPSA) is 87.5 Å². The number of aromatic nitrogens is 2. The molecule has 20 heavy (non-hydrogen) atoms. The highest BCUT2D eigenvalue weighted by molar-refractivity contribution is 5.75. The van der Waals surface area contributed by atoms with E-state index < -0.39 is 11.9 Å². The van der Waals surface area contributed by atoms with Gasteiger partial charge < -0.3 is 15.3 Å². The molecule has 0 aliphatic rings. The maximum atomic E-state index is 11.9. The van der Waals surface area contributed by atoms with Crippen LogP contribution in [-0.4, -0.2) is 45.4 Å². The average Bonchev–Trinajstić information content (AvgIpc) is 2.79. The molecule has 1 atom stereocenters. The number of urea groups is 1. The molecule has 7 heteroatoms. The van der Waals surface area contributed by atoms with Gasteiger partial charge in [-0.25, -0.2) is 4.79 Å². The molecule has 112 valence electrons. The number of carbonyl (C=O) groups excluding carboxylic acids is 1. The molecular formula is C13H22N4O3. The number of rotatable bonds is 7. The fourth-order valence-corrected chi connectivity index (χ4v) is 1.91. The number of nitrogens with one attached hydrogen (secondary N) is 1. The lowest BCUT2D eigenvalue weighted by molar-refractivity contribution is -0.141. The summed E-state index contributed by atoms with van der Waals surface area (Å²) in [5, 5.41) is 15.7. The van der Waals surface area contributed by atoms with Crippen LogP contribution in [-0.2, 0) is 18.4 Å². The number of aliphatic carboxylic acids is 1.